The predicted molar refractivity (Wildman–Crippen MR) is 92.9 cm³/mol. The second-order valence-electron chi connectivity index (χ2n) is 5.93. The number of aliphatic hydroxyl groups is 1. The first-order chi connectivity index (χ1) is 11.2. The van der Waals surface area contributed by atoms with E-state index in [-0.39, 0.29) is 5.92 Å². The predicted octanol–water partition coefficient (Wildman–Crippen LogP) is 3.49. The largest absolute Gasteiger partial charge is 0.388 e. The molecule has 122 valence electrons. The van der Waals surface area contributed by atoms with E-state index >= 15 is 0 Å². The fourth-order valence-corrected chi connectivity index (χ4v) is 3.17. The van der Waals surface area contributed by atoms with Crippen molar-refractivity contribution in [2.24, 2.45) is 0 Å². The van der Waals surface area contributed by atoms with Crippen molar-refractivity contribution in [1.29, 1.82) is 0 Å². The van der Waals surface area contributed by atoms with E-state index < -0.39 is 6.10 Å². The summed E-state index contributed by atoms with van der Waals surface area (Å²) in [6.07, 6.45) is -0.558. The Hall–Kier alpha value is -1.39. The van der Waals surface area contributed by atoms with E-state index in [4.69, 9.17) is 16.3 Å². The second-order valence-corrected chi connectivity index (χ2v) is 6.36. The summed E-state index contributed by atoms with van der Waals surface area (Å²) in [4.78, 5) is 2.36. The lowest BCUT2D eigenvalue weighted by Crippen LogP contribution is -2.39. The van der Waals surface area contributed by atoms with Crippen molar-refractivity contribution >= 4 is 11.6 Å². The Bertz CT molecular complexity index is 597. The lowest BCUT2D eigenvalue weighted by molar-refractivity contribution is 0.0240. The van der Waals surface area contributed by atoms with Gasteiger partial charge in [0.2, 0.25) is 0 Å². The van der Waals surface area contributed by atoms with E-state index in [1.54, 1.807) is 0 Å². The van der Waals surface area contributed by atoms with Crippen LogP contribution >= 0.6 is 11.6 Å². The van der Waals surface area contributed by atoms with Crippen LogP contribution in [-0.2, 0) is 4.74 Å². The highest BCUT2D eigenvalue weighted by Gasteiger charge is 2.26. The molecule has 2 aromatic carbocycles. The zero-order valence-electron chi connectivity index (χ0n) is 13.1. The summed E-state index contributed by atoms with van der Waals surface area (Å²) >= 11 is 5.96. The smallest absolute Gasteiger partial charge is 0.0870 e. The number of aliphatic hydroxyl groups excluding tert-OH is 1. The summed E-state index contributed by atoms with van der Waals surface area (Å²) in [7, 11) is 0. The highest BCUT2D eigenvalue weighted by atomic mass is 35.5. The molecule has 1 heterocycles. The maximum Gasteiger partial charge on any atom is 0.0870 e. The van der Waals surface area contributed by atoms with Gasteiger partial charge in [-0.1, -0.05) is 54.1 Å². The molecule has 0 aromatic heterocycles. The molecule has 2 aromatic rings. The normalized spacial score (nSPS) is 18.5. The van der Waals surface area contributed by atoms with E-state index in [0.29, 0.717) is 5.02 Å². The summed E-state index contributed by atoms with van der Waals surface area (Å²) in [5.74, 6) is 0.0236. The van der Waals surface area contributed by atoms with Gasteiger partial charge in [0.15, 0.2) is 0 Å². The monoisotopic (exact) mass is 331 g/mol. The Morgan fingerprint density at radius 2 is 1.61 bits per heavy atom. The average Bonchev–Trinajstić information content (AvgIpc) is 2.61. The molecule has 0 spiro atoms. The average molecular weight is 332 g/mol. The van der Waals surface area contributed by atoms with Crippen molar-refractivity contribution in [2.45, 2.75) is 12.0 Å². The first kappa shape index (κ1) is 16.5. The van der Waals surface area contributed by atoms with Crippen LogP contribution in [0.5, 0.6) is 0 Å². The highest BCUT2D eigenvalue weighted by molar-refractivity contribution is 6.30. The summed E-state index contributed by atoms with van der Waals surface area (Å²) in [6, 6.07) is 17.7. The SMILES string of the molecule is O[C@H](c1ccc(Cl)cc1)[C@@H](CN1CCOCC1)c1ccccc1. The number of rotatable bonds is 5. The van der Waals surface area contributed by atoms with Crippen LogP contribution < -0.4 is 0 Å². The number of morpholine rings is 1. The van der Waals surface area contributed by atoms with Crippen molar-refractivity contribution in [3.05, 3.63) is 70.7 Å². The quantitative estimate of drug-likeness (QED) is 0.910. The summed E-state index contributed by atoms with van der Waals surface area (Å²) in [5, 5.41) is 11.6. The second kappa shape index (κ2) is 7.93. The van der Waals surface area contributed by atoms with E-state index in [0.717, 1.165) is 44.0 Å². The molecule has 1 N–H and O–H groups in total. The molecule has 0 unspecified atom stereocenters. The van der Waals surface area contributed by atoms with Gasteiger partial charge >= 0.3 is 0 Å². The van der Waals surface area contributed by atoms with Crippen LogP contribution in [0.15, 0.2) is 54.6 Å². The summed E-state index contributed by atoms with van der Waals surface area (Å²) in [6.45, 7) is 4.17. The molecule has 0 aliphatic carbocycles. The molecule has 1 saturated heterocycles. The Kier molecular flexibility index (Phi) is 5.68. The van der Waals surface area contributed by atoms with Crippen molar-refractivity contribution in [1.82, 2.24) is 4.90 Å². The Labute approximate surface area is 142 Å². The first-order valence-electron chi connectivity index (χ1n) is 8.02. The maximum atomic E-state index is 11.0. The van der Waals surface area contributed by atoms with Crippen molar-refractivity contribution in [2.75, 3.05) is 32.8 Å². The third-order valence-corrected chi connectivity index (χ3v) is 4.63. The lowest BCUT2D eigenvalue weighted by Gasteiger charge is -2.33. The Morgan fingerprint density at radius 3 is 2.26 bits per heavy atom. The topological polar surface area (TPSA) is 32.7 Å². The molecule has 23 heavy (non-hydrogen) atoms. The Morgan fingerprint density at radius 1 is 0.957 bits per heavy atom. The van der Waals surface area contributed by atoms with E-state index in [9.17, 15) is 5.11 Å². The maximum absolute atomic E-state index is 11.0. The zero-order chi connectivity index (χ0) is 16.1. The van der Waals surface area contributed by atoms with Gasteiger partial charge in [0.25, 0.3) is 0 Å². The molecule has 4 heteroatoms. The molecule has 3 nitrogen and oxygen atoms in total. The van der Waals surface area contributed by atoms with Crippen LogP contribution in [0.25, 0.3) is 0 Å². The number of ether oxygens (including phenoxy) is 1. The summed E-state index contributed by atoms with van der Waals surface area (Å²) in [5.41, 5.74) is 2.05. The third kappa shape index (κ3) is 4.33. The minimum atomic E-state index is -0.558. The zero-order valence-corrected chi connectivity index (χ0v) is 13.8. The number of hydrogen-bond acceptors (Lipinski definition) is 3. The van der Waals surface area contributed by atoms with E-state index in [1.807, 2.05) is 42.5 Å². The van der Waals surface area contributed by atoms with Gasteiger partial charge in [0.1, 0.15) is 0 Å². The van der Waals surface area contributed by atoms with Crippen molar-refractivity contribution in [3.63, 3.8) is 0 Å². The van der Waals surface area contributed by atoms with Crippen LogP contribution in [-0.4, -0.2) is 42.9 Å². The van der Waals surface area contributed by atoms with Gasteiger partial charge in [-0.25, -0.2) is 0 Å². The van der Waals surface area contributed by atoms with Gasteiger partial charge in [-0.2, -0.15) is 0 Å². The van der Waals surface area contributed by atoms with Crippen LogP contribution in [0.4, 0.5) is 0 Å². The lowest BCUT2D eigenvalue weighted by atomic mass is 9.88. The van der Waals surface area contributed by atoms with Crippen LogP contribution in [0, 0.1) is 0 Å². The molecule has 0 amide bonds. The molecule has 0 saturated carbocycles. The third-order valence-electron chi connectivity index (χ3n) is 4.38. The van der Waals surface area contributed by atoms with Gasteiger partial charge < -0.3 is 9.84 Å². The molecule has 0 bridgehead atoms. The van der Waals surface area contributed by atoms with Gasteiger partial charge in [0.05, 0.1) is 19.3 Å². The van der Waals surface area contributed by atoms with Crippen LogP contribution in [0.3, 0.4) is 0 Å². The van der Waals surface area contributed by atoms with Gasteiger partial charge in [-0.15, -0.1) is 0 Å². The molecule has 2 atom stereocenters. The highest BCUT2D eigenvalue weighted by Crippen LogP contribution is 2.32. The molecular weight excluding hydrogens is 310 g/mol. The molecule has 1 aliphatic heterocycles. The summed E-state index contributed by atoms with van der Waals surface area (Å²) < 4.78 is 5.43. The molecule has 0 radical (unpaired) electrons. The molecule has 1 aliphatic rings. The molecular formula is C19H22ClNO2. The fraction of sp³-hybridized carbons (Fsp3) is 0.368. The van der Waals surface area contributed by atoms with Crippen LogP contribution in [0.1, 0.15) is 23.1 Å². The minimum absolute atomic E-state index is 0.0236. The number of benzene rings is 2. The minimum Gasteiger partial charge on any atom is -0.388 e. The van der Waals surface area contributed by atoms with Gasteiger partial charge in [-0.3, -0.25) is 4.90 Å². The van der Waals surface area contributed by atoms with Crippen molar-refractivity contribution in [3.8, 4) is 0 Å². The number of nitrogens with zero attached hydrogens (tertiary/aromatic N) is 1. The van der Waals surface area contributed by atoms with Crippen molar-refractivity contribution < 1.29 is 9.84 Å². The van der Waals surface area contributed by atoms with Gasteiger partial charge in [0, 0.05) is 30.6 Å². The molecule has 3 rings (SSSR count). The Balaban J connectivity index is 1.83. The molecule has 1 fully saturated rings. The standard InChI is InChI=1S/C19H22ClNO2/c20-17-8-6-16(7-9-17)19(22)18(15-4-2-1-3-5-15)14-21-10-12-23-13-11-21/h1-9,18-19,22H,10-14H2/t18-,19+/m0/s1. The van der Waals surface area contributed by atoms with Crippen LogP contribution in [0.2, 0.25) is 5.02 Å². The number of halogens is 1. The number of hydrogen-bond donors (Lipinski definition) is 1. The van der Waals surface area contributed by atoms with E-state index in [2.05, 4.69) is 17.0 Å². The fourth-order valence-electron chi connectivity index (χ4n) is 3.04. The van der Waals surface area contributed by atoms with Gasteiger partial charge in [-0.05, 0) is 23.3 Å². The van der Waals surface area contributed by atoms with E-state index in [1.165, 1.54) is 0 Å². The first-order valence-corrected chi connectivity index (χ1v) is 8.40.